The van der Waals surface area contributed by atoms with Crippen LogP contribution in [0.15, 0.2) is 78.4 Å². The summed E-state index contributed by atoms with van der Waals surface area (Å²) in [5.41, 5.74) is 1.39. The summed E-state index contributed by atoms with van der Waals surface area (Å²) in [4.78, 5) is 12.5. The molecule has 0 aliphatic carbocycles. The zero-order valence-corrected chi connectivity index (χ0v) is 16.3. The van der Waals surface area contributed by atoms with Crippen molar-refractivity contribution in [2.75, 3.05) is 12.4 Å². The second-order valence-corrected chi connectivity index (χ2v) is 6.27. The van der Waals surface area contributed by atoms with Gasteiger partial charge in [-0.1, -0.05) is 36.4 Å². The number of nitrogens with one attached hydrogen (secondary N) is 1. The Morgan fingerprint density at radius 2 is 1.77 bits per heavy atom. The highest BCUT2D eigenvalue weighted by molar-refractivity contribution is 6.09. The normalized spacial score (nSPS) is 10.8. The number of hydrogen-bond acceptors (Lipinski definition) is 4. The number of rotatable bonds is 7. The molecule has 0 heterocycles. The predicted molar refractivity (Wildman–Crippen MR) is 112 cm³/mol. The van der Waals surface area contributed by atoms with Crippen molar-refractivity contribution >= 4 is 17.7 Å². The van der Waals surface area contributed by atoms with Gasteiger partial charge in [0.1, 0.15) is 35.6 Å². The minimum atomic E-state index is -0.549. The number of ether oxygens (including phenoxy) is 2. The van der Waals surface area contributed by atoms with Crippen LogP contribution in [0.1, 0.15) is 11.1 Å². The fourth-order valence-electron chi connectivity index (χ4n) is 2.68. The summed E-state index contributed by atoms with van der Waals surface area (Å²) in [6.07, 6.45) is 1.44. The van der Waals surface area contributed by atoms with Crippen LogP contribution in [0.4, 0.5) is 10.1 Å². The van der Waals surface area contributed by atoms with E-state index in [9.17, 15) is 14.4 Å². The van der Waals surface area contributed by atoms with Gasteiger partial charge < -0.3 is 14.8 Å². The molecule has 0 aromatic heterocycles. The van der Waals surface area contributed by atoms with Gasteiger partial charge in [-0.3, -0.25) is 4.79 Å². The van der Waals surface area contributed by atoms with E-state index in [4.69, 9.17) is 9.47 Å². The Morgan fingerprint density at radius 3 is 2.47 bits per heavy atom. The van der Waals surface area contributed by atoms with E-state index in [2.05, 4.69) is 5.32 Å². The van der Waals surface area contributed by atoms with Crippen molar-refractivity contribution < 1.29 is 18.7 Å². The van der Waals surface area contributed by atoms with Gasteiger partial charge in [-0.15, -0.1) is 0 Å². The number of nitriles is 1. The highest BCUT2D eigenvalue weighted by Gasteiger charge is 2.12. The molecule has 0 spiro atoms. The van der Waals surface area contributed by atoms with E-state index < -0.39 is 5.91 Å². The van der Waals surface area contributed by atoms with E-state index in [-0.39, 0.29) is 18.0 Å². The van der Waals surface area contributed by atoms with Crippen molar-refractivity contribution in [1.29, 1.82) is 5.26 Å². The van der Waals surface area contributed by atoms with Gasteiger partial charge >= 0.3 is 0 Å². The van der Waals surface area contributed by atoms with Crippen LogP contribution in [0.2, 0.25) is 0 Å². The number of nitrogens with zero attached hydrogens (tertiary/aromatic N) is 1. The van der Waals surface area contributed by atoms with Crippen LogP contribution < -0.4 is 14.8 Å². The van der Waals surface area contributed by atoms with Gasteiger partial charge in [-0.05, 0) is 42.5 Å². The van der Waals surface area contributed by atoms with E-state index in [1.54, 1.807) is 73.8 Å². The lowest BCUT2D eigenvalue weighted by atomic mass is 10.1. The zero-order chi connectivity index (χ0) is 21.3. The van der Waals surface area contributed by atoms with Crippen LogP contribution in [-0.2, 0) is 11.4 Å². The third-order valence-electron chi connectivity index (χ3n) is 4.27. The molecule has 150 valence electrons. The van der Waals surface area contributed by atoms with Gasteiger partial charge in [0.05, 0.1) is 7.11 Å². The molecule has 1 amide bonds. The topological polar surface area (TPSA) is 71.3 Å². The van der Waals surface area contributed by atoms with Gasteiger partial charge in [0, 0.05) is 16.8 Å². The fraction of sp³-hybridized carbons (Fsp3) is 0.0833. The standard InChI is InChI=1S/C24H19FN2O3/c1-29-21-12-10-20(11-13-21)27-24(28)19(15-26)14-17-6-3-5-9-23(17)30-16-18-7-2-4-8-22(18)25/h2-14H,16H2,1H3,(H,27,28)/b19-14+. The molecule has 0 radical (unpaired) electrons. The molecule has 3 aromatic rings. The monoisotopic (exact) mass is 402 g/mol. The van der Waals surface area contributed by atoms with Crippen LogP contribution in [0, 0.1) is 17.1 Å². The third-order valence-corrected chi connectivity index (χ3v) is 4.27. The van der Waals surface area contributed by atoms with Crippen LogP contribution in [-0.4, -0.2) is 13.0 Å². The number of halogens is 1. The second-order valence-electron chi connectivity index (χ2n) is 6.27. The maximum Gasteiger partial charge on any atom is 0.266 e. The van der Waals surface area contributed by atoms with Gasteiger partial charge in [0.15, 0.2) is 0 Å². The minimum Gasteiger partial charge on any atom is -0.497 e. The molecule has 0 saturated heterocycles. The Bertz CT molecular complexity index is 1100. The molecular formula is C24H19FN2O3. The average molecular weight is 402 g/mol. The Balaban J connectivity index is 1.77. The average Bonchev–Trinajstić information content (AvgIpc) is 2.78. The molecular weight excluding hydrogens is 383 g/mol. The van der Waals surface area contributed by atoms with E-state index in [0.717, 1.165) is 0 Å². The van der Waals surface area contributed by atoms with Crippen molar-refractivity contribution in [3.05, 3.63) is 95.3 Å². The molecule has 0 saturated carbocycles. The van der Waals surface area contributed by atoms with E-state index >= 15 is 0 Å². The van der Waals surface area contributed by atoms with Crippen LogP contribution in [0.5, 0.6) is 11.5 Å². The van der Waals surface area contributed by atoms with Crippen molar-refractivity contribution in [2.45, 2.75) is 6.61 Å². The summed E-state index contributed by atoms with van der Waals surface area (Å²) in [5.74, 6) is 0.185. The number of methoxy groups -OCH3 is 1. The van der Waals surface area contributed by atoms with Gasteiger partial charge in [0.2, 0.25) is 0 Å². The summed E-state index contributed by atoms with van der Waals surface area (Å²) in [7, 11) is 1.55. The molecule has 6 heteroatoms. The second kappa shape index (κ2) is 9.89. The van der Waals surface area contributed by atoms with Gasteiger partial charge in [-0.2, -0.15) is 5.26 Å². The quantitative estimate of drug-likeness (QED) is 0.448. The molecule has 3 rings (SSSR count). The molecule has 3 aromatic carbocycles. The lowest BCUT2D eigenvalue weighted by Crippen LogP contribution is -2.13. The highest BCUT2D eigenvalue weighted by Crippen LogP contribution is 2.23. The molecule has 0 atom stereocenters. The van der Waals surface area contributed by atoms with Gasteiger partial charge in [0.25, 0.3) is 5.91 Å². The number of hydrogen-bond donors (Lipinski definition) is 1. The van der Waals surface area contributed by atoms with Crippen LogP contribution >= 0.6 is 0 Å². The smallest absolute Gasteiger partial charge is 0.266 e. The summed E-state index contributed by atoms with van der Waals surface area (Å²) in [5, 5.41) is 12.1. The number of carbonyl (C=O) groups excluding carboxylic acids is 1. The first-order chi connectivity index (χ1) is 14.6. The molecule has 0 aliphatic rings. The van der Waals surface area contributed by atoms with Crippen molar-refractivity contribution in [1.82, 2.24) is 0 Å². The lowest BCUT2D eigenvalue weighted by Gasteiger charge is -2.10. The van der Waals surface area contributed by atoms with Crippen molar-refractivity contribution in [3.63, 3.8) is 0 Å². The van der Waals surface area contributed by atoms with Crippen LogP contribution in [0.3, 0.4) is 0 Å². The van der Waals surface area contributed by atoms with E-state index in [1.165, 1.54) is 12.1 Å². The van der Waals surface area contributed by atoms with Crippen LogP contribution in [0.25, 0.3) is 6.08 Å². The molecule has 0 unspecified atom stereocenters. The highest BCUT2D eigenvalue weighted by atomic mass is 19.1. The number of amides is 1. The fourth-order valence-corrected chi connectivity index (χ4v) is 2.68. The summed E-state index contributed by atoms with van der Waals surface area (Å²) in [6.45, 7) is 0.0253. The minimum absolute atomic E-state index is 0.0253. The van der Waals surface area contributed by atoms with Crippen molar-refractivity contribution in [3.8, 4) is 17.6 Å². The first kappa shape index (κ1) is 20.6. The Labute approximate surface area is 174 Å². The van der Waals surface area contributed by atoms with E-state index in [1.807, 2.05) is 6.07 Å². The van der Waals surface area contributed by atoms with Crippen molar-refractivity contribution in [2.24, 2.45) is 0 Å². The summed E-state index contributed by atoms with van der Waals surface area (Å²) >= 11 is 0. The Kier molecular flexibility index (Phi) is 6.80. The third kappa shape index (κ3) is 5.24. The lowest BCUT2D eigenvalue weighted by molar-refractivity contribution is -0.112. The Hall–Kier alpha value is -4.11. The maximum absolute atomic E-state index is 13.8. The zero-order valence-electron chi connectivity index (χ0n) is 16.3. The summed E-state index contributed by atoms with van der Waals surface area (Å²) in [6, 6.07) is 21.9. The molecule has 0 fully saturated rings. The number of para-hydroxylation sites is 1. The molecule has 1 N–H and O–H groups in total. The number of benzene rings is 3. The summed E-state index contributed by atoms with van der Waals surface area (Å²) < 4.78 is 24.6. The van der Waals surface area contributed by atoms with Gasteiger partial charge in [-0.25, -0.2) is 4.39 Å². The number of anilines is 1. The largest absolute Gasteiger partial charge is 0.497 e. The molecule has 30 heavy (non-hydrogen) atoms. The first-order valence-corrected chi connectivity index (χ1v) is 9.13. The molecule has 0 bridgehead atoms. The molecule has 5 nitrogen and oxygen atoms in total. The predicted octanol–water partition coefficient (Wildman–Crippen LogP) is 4.96. The maximum atomic E-state index is 13.8. The first-order valence-electron chi connectivity index (χ1n) is 9.13. The molecule has 0 aliphatic heterocycles. The SMILES string of the molecule is COc1ccc(NC(=O)/C(C#N)=C/c2ccccc2OCc2ccccc2F)cc1. The Morgan fingerprint density at radius 1 is 1.07 bits per heavy atom. The number of carbonyl (C=O) groups is 1. The van der Waals surface area contributed by atoms with E-state index in [0.29, 0.717) is 28.3 Å².